The van der Waals surface area contributed by atoms with Gasteiger partial charge in [-0.2, -0.15) is 0 Å². The van der Waals surface area contributed by atoms with Crippen molar-refractivity contribution in [2.24, 2.45) is 0 Å². The van der Waals surface area contributed by atoms with E-state index in [0.29, 0.717) is 5.56 Å². The third-order valence-electron chi connectivity index (χ3n) is 2.17. The number of phenols is 1. The van der Waals surface area contributed by atoms with E-state index in [2.05, 4.69) is 5.32 Å². The number of aliphatic hydroxyl groups excluding tert-OH is 1. The molecule has 1 rings (SSSR count). The number of hydrogen-bond donors (Lipinski definition) is 3. The molecule has 3 nitrogen and oxygen atoms in total. The number of benzene rings is 1. The Balaban J connectivity index is 2.52. The van der Waals surface area contributed by atoms with Crippen LogP contribution in [0.15, 0.2) is 18.2 Å². The first-order valence-electron chi connectivity index (χ1n) is 4.92. The molecule has 0 saturated heterocycles. The molecule has 0 bridgehead atoms. The second-order valence-corrected chi connectivity index (χ2v) is 3.75. The lowest BCUT2D eigenvalue weighted by Crippen LogP contribution is -2.35. The summed E-state index contributed by atoms with van der Waals surface area (Å²) in [5.74, 6) is -3.05. The molecule has 90 valence electrons. The minimum Gasteiger partial charge on any atom is -0.508 e. The van der Waals surface area contributed by atoms with Crippen molar-refractivity contribution in [3.63, 3.8) is 0 Å². The van der Waals surface area contributed by atoms with Crippen LogP contribution in [0.3, 0.4) is 0 Å². The van der Waals surface area contributed by atoms with E-state index in [1.807, 2.05) is 6.92 Å². The monoisotopic (exact) mass is 231 g/mol. The van der Waals surface area contributed by atoms with Crippen LogP contribution in [0.25, 0.3) is 0 Å². The van der Waals surface area contributed by atoms with Gasteiger partial charge in [0.1, 0.15) is 12.4 Å². The lowest BCUT2D eigenvalue weighted by molar-refractivity contribution is -0.0478. The smallest absolute Gasteiger partial charge is 0.282 e. The Hall–Kier alpha value is -1.20. The predicted octanol–water partition coefficient (Wildman–Crippen LogP) is 1.42. The van der Waals surface area contributed by atoms with Crippen molar-refractivity contribution >= 4 is 0 Å². The maximum Gasteiger partial charge on any atom is 0.282 e. The molecule has 1 aromatic carbocycles. The zero-order chi connectivity index (χ0) is 12.2. The molecule has 0 aliphatic carbocycles. The highest BCUT2D eigenvalue weighted by Crippen LogP contribution is 2.18. The summed E-state index contributed by atoms with van der Waals surface area (Å²) in [5, 5.41) is 20.3. The van der Waals surface area contributed by atoms with E-state index in [-0.39, 0.29) is 12.3 Å². The zero-order valence-corrected chi connectivity index (χ0v) is 9.00. The molecule has 0 spiro atoms. The Bertz CT molecular complexity index is 356. The quantitative estimate of drug-likeness (QED) is 0.718. The average Bonchev–Trinajstić information content (AvgIpc) is 2.23. The molecule has 0 radical (unpaired) electrons. The molecule has 16 heavy (non-hydrogen) atoms. The van der Waals surface area contributed by atoms with Crippen LogP contribution in [-0.4, -0.2) is 29.3 Å². The Morgan fingerprint density at radius 3 is 2.69 bits per heavy atom. The number of halogens is 2. The van der Waals surface area contributed by atoms with Gasteiger partial charge in [0.05, 0.1) is 6.54 Å². The number of alkyl halides is 2. The summed E-state index contributed by atoms with van der Waals surface area (Å²) < 4.78 is 25.3. The fraction of sp³-hybridized carbons (Fsp3) is 0.455. The van der Waals surface area contributed by atoms with Crippen molar-refractivity contribution in [2.75, 3.05) is 13.2 Å². The normalized spacial score (nSPS) is 11.8. The molecule has 0 heterocycles. The lowest BCUT2D eigenvalue weighted by Gasteiger charge is -2.14. The van der Waals surface area contributed by atoms with Gasteiger partial charge in [-0.3, -0.25) is 0 Å². The van der Waals surface area contributed by atoms with Crippen LogP contribution in [-0.2, 0) is 6.54 Å². The third-order valence-corrected chi connectivity index (χ3v) is 2.17. The highest BCUT2D eigenvalue weighted by molar-refractivity contribution is 5.35. The summed E-state index contributed by atoms with van der Waals surface area (Å²) in [7, 11) is 0. The van der Waals surface area contributed by atoms with Crippen molar-refractivity contribution < 1.29 is 19.0 Å². The molecule has 0 unspecified atom stereocenters. The minimum atomic E-state index is -3.13. The largest absolute Gasteiger partial charge is 0.508 e. The summed E-state index contributed by atoms with van der Waals surface area (Å²) in [6, 6.07) is 4.98. The van der Waals surface area contributed by atoms with Crippen molar-refractivity contribution in [2.45, 2.75) is 19.4 Å². The molecular weight excluding hydrogens is 216 g/mol. The van der Waals surface area contributed by atoms with Gasteiger partial charge in [-0.25, -0.2) is 8.78 Å². The molecule has 0 aliphatic rings. The van der Waals surface area contributed by atoms with E-state index in [1.54, 1.807) is 12.1 Å². The van der Waals surface area contributed by atoms with E-state index in [4.69, 9.17) is 5.11 Å². The van der Waals surface area contributed by atoms with Crippen LogP contribution in [0.5, 0.6) is 5.75 Å². The van der Waals surface area contributed by atoms with E-state index >= 15 is 0 Å². The van der Waals surface area contributed by atoms with Gasteiger partial charge >= 0.3 is 0 Å². The maximum atomic E-state index is 12.7. The first kappa shape index (κ1) is 12.9. The van der Waals surface area contributed by atoms with Crippen LogP contribution in [0.2, 0.25) is 0 Å². The summed E-state index contributed by atoms with van der Waals surface area (Å²) in [6.45, 7) is 0.199. The molecular formula is C11H15F2NO2. The van der Waals surface area contributed by atoms with Crippen molar-refractivity contribution in [3.05, 3.63) is 29.3 Å². The number of aryl methyl sites for hydroxylation is 1. The van der Waals surface area contributed by atoms with Crippen LogP contribution in [0.4, 0.5) is 8.78 Å². The molecule has 5 heteroatoms. The topological polar surface area (TPSA) is 52.5 Å². The average molecular weight is 231 g/mol. The number of aromatic hydroxyl groups is 1. The van der Waals surface area contributed by atoms with Gasteiger partial charge < -0.3 is 15.5 Å². The number of rotatable bonds is 5. The second-order valence-electron chi connectivity index (χ2n) is 3.75. The molecule has 0 amide bonds. The molecule has 3 N–H and O–H groups in total. The standard InChI is InChI=1S/C11H15F2NO2/c1-8-2-3-10(16)9(4-8)5-14-6-11(12,13)7-15/h2-4,14-16H,5-7H2,1H3. The molecule has 0 fully saturated rings. The Labute approximate surface area is 92.7 Å². The summed E-state index contributed by atoms with van der Waals surface area (Å²) in [4.78, 5) is 0. The van der Waals surface area contributed by atoms with Crippen LogP contribution < -0.4 is 5.32 Å². The molecule has 0 atom stereocenters. The number of hydrogen-bond acceptors (Lipinski definition) is 3. The van der Waals surface area contributed by atoms with Gasteiger partial charge in [0.25, 0.3) is 5.92 Å². The molecule has 0 aromatic heterocycles. The van der Waals surface area contributed by atoms with Crippen LogP contribution >= 0.6 is 0 Å². The van der Waals surface area contributed by atoms with Crippen molar-refractivity contribution in [1.82, 2.24) is 5.32 Å². The number of nitrogens with one attached hydrogen (secondary N) is 1. The Kier molecular flexibility index (Phi) is 4.20. The maximum absolute atomic E-state index is 12.7. The van der Waals surface area contributed by atoms with Gasteiger partial charge in [-0.1, -0.05) is 17.7 Å². The van der Waals surface area contributed by atoms with Gasteiger partial charge in [-0.15, -0.1) is 0 Å². The highest BCUT2D eigenvalue weighted by atomic mass is 19.3. The summed E-state index contributed by atoms with van der Waals surface area (Å²) in [6.07, 6.45) is 0. The van der Waals surface area contributed by atoms with Gasteiger partial charge in [-0.05, 0) is 13.0 Å². The molecule has 1 aromatic rings. The highest BCUT2D eigenvalue weighted by Gasteiger charge is 2.26. The van der Waals surface area contributed by atoms with Crippen molar-refractivity contribution in [3.8, 4) is 5.75 Å². The first-order valence-corrected chi connectivity index (χ1v) is 4.92. The van der Waals surface area contributed by atoms with Gasteiger partial charge in [0.2, 0.25) is 0 Å². The third kappa shape index (κ3) is 3.75. The summed E-state index contributed by atoms with van der Waals surface area (Å²) >= 11 is 0. The van der Waals surface area contributed by atoms with E-state index in [9.17, 15) is 13.9 Å². The molecule has 0 saturated carbocycles. The van der Waals surface area contributed by atoms with E-state index in [1.165, 1.54) is 6.07 Å². The van der Waals surface area contributed by atoms with Gasteiger partial charge in [0.15, 0.2) is 0 Å². The fourth-order valence-electron chi connectivity index (χ4n) is 1.29. The SMILES string of the molecule is Cc1ccc(O)c(CNCC(F)(F)CO)c1. The molecule has 0 aliphatic heterocycles. The second kappa shape index (κ2) is 5.23. The van der Waals surface area contributed by atoms with Gasteiger partial charge in [0, 0.05) is 12.1 Å². The van der Waals surface area contributed by atoms with Crippen LogP contribution in [0, 0.1) is 6.92 Å². The minimum absolute atomic E-state index is 0.0745. The van der Waals surface area contributed by atoms with Crippen LogP contribution in [0.1, 0.15) is 11.1 Å². The van der Waals surface area contributed by atoms with Crippen molar-refractivity contribution in [1.29, 1.82) is 0 Å². The Morgan fingerprint density at radius 1 is 1.38 bits per heavy atom. The van der Waals surface area contributed by atoms with E-state index < -0.39 is 19.1 Å². The zero-order valence-electron chi connectivity index (χ0n) is 9.00. The Morgan fingerprint density at radius 2 is 2.06 bits per heavy atom. The number of phenolic OH excluding ortho intramolecular Hbond substituents is 1. The van der Waals surface area contributed by atoms with E-state index in [0.717, 1.165) is 5.56 Å². The number of aliphatic hydroxyl groups is 1. The predicted molar refractivity (Wildman–Crippen MR) is 56.6 cm³/mol. The summed E-state index contributed by atoms with van der Waals surface area (Å²) in [5.41, 5.74) is 1.51. The lowest BCUT2D eigenvalue weighted by atomic mass is 10.1. The fourth-order valence-corrected chi connectivity index (χ4v) is 1.29. The first-order chi connectivity index (χ1) is 7.44.